The predicted octanol–water partition coefficient (Wildman–Crippen LogP) is 1.39. The maximum Gasteiger partial charge on any atom is 0.252 e. The van der Waals surface area contributed by atoms with E-state index in [1.807, 2.05) is 0 Å². The number of ether oxygens (including phenoxy) is 2. The second-order valence-corrected chi connectivity index (χ2v) is 5.47. The number of nitrogens with zero attached hydrogens (tertiary/aromatic N) is 1. The molecule has 1 N–H and O–H groups in total. The highest BCUT2D eigenvalue weighted by Crippen LogP contribution is 2.40. The van der Waals surface area contributed by atoms with Crippen molar-refractivity contribution in [3.8, 4) is 5.75 Å². The third-order valence-electron chi connectivity index (χ3n) is 4.05. The average molecular weight is 317 g/mol. The maximum absolute atomic E-state index is 12.4. The zero-order valence-electron chi connectivity index (χ0n) is 12.7. The first-order valence-electron chi connectivity index (χ1n) is 7.06. The van der Waals surface area contributed by atoms with Gasteiger partial charge in [-0.3, -0.25) is 14.4 Å². The van der Waals surface area contributed by atoms with Gasteiger partial charge >= 0.3 is 0 Å². The van der Waals surface area contributed by atoms with Gasteiger partial charge in [0.25, 0.3) is 11.7 Å². The third-order valence-corrected chi connectivity index (χ3v) is 4.05. The molecule has 0 aliphatic carbocycles. The highest BCUT2D eigenvalue weighted by molar-refractivity contribution is 6.08. The lowest BCUT2D eigenvalue weighted by molar-refractivity contribution is -0.144. The molecule has 1 fully saturated rings. The van der Waals surface area contributed by atoms with E-state index in [1.54, 1.807) is 24.3 Å². The third kappa shape index (κ3) is 2.16. The van der Waals surface area contributed by atoms with Gasteiger partial charge in [-0.05, 0) is 19.1 Å². The van der Waals surface area contributed by atoms with Gasteiger partial charge in [0.2, 0.25) is 17.6 Å². The van der Waals surface area contributed by atoms with Gasteiger partial charge in [-0.25, -0.2) is 4.90 Å². The number of methoxy groups -OCH3 is 1. The number of aliphatic hydroxyl groups is 1. The molecule has 0 radical (unpaired) electrons. The summed E-state index contributed by atoms with van der Waals surface area (Å²) in [4.78, 5) is 36.8. The fourth-order valence-electron chi connectivity index (χ4n) is 2.66. The van der Waals surface area contributed by atoms with Gasteiger partial charge in [-0.2, -0.15) is 0 Å². The fourth-order valence-corrected chi connectivity index (χ4v) is 2.66. The van der Waals surface area contributed by atoms with Crippen LogP contribution >= 0.6 is 0 Å². The van der Waals surface area contributed by atoms with Crippen LogP contribution in [0.5, 0.6) is 5.75 Å². The Bertz CT molecular complexity index is 719. The minimum absolute atomic E-state index is 0.0341. The van der Waals surface area contributed by atoms with Crippen LogP contribution in [0, 0.1) is 0 Å². The molecule has 0 saturated carbocycles. The van der Waals surface area contributed by atoms with Gasteiger partial charge < -0.3 is 14.6 Å². The molecule has 120 valence electrons. The standard InChI is InChI=1S/C16H15NO6/c1-16(9-3-5-10(22-2)6-4-9)14(21)13(20)15(23-16)17-11(18)7-8-12(17)19/h3-6,20H,7-8H2,1-2H3. The monoisotopic (exact) mass is 317 g/mol. The van der Waals surface area contributed by atoms with Crippen LogP contribution in [0.15, 0.2) is 35.9 Å². The van der Waals surface area contributed by atoms with Crippen molar-refractivity contribution in [2.45, 2.75) is 25.4 Å². The van der Waals surface area contributed by atoms with Crippen molar-refractivity contribution in [2.24, 2.45) is 0 Å². The van der Waals surface area contributed by atoms with Crippen molar-refractivity contribution in [1.29, 1.82) is 0 Å². The first-order chi connectivity index (χ1) is 10.9. The van der Waals surface area contributed by atoms with Gasteiger partial charge in [0.1, 0.15) is 5.75 Å². The Morgan fingerprint density at radius 3 is 2.22 bits per heavy atom. The fraction of sp³-hybridized carbons (Fsp3) is 0.312. The predicted molar refractivity (Wildman–Crippen MR) is 77.2 cm³/mol. The number of imide groups is 1. The van der Waals surface area contributed by atoms with E-state index in [4.69, 9.17) is 9.47 Å². The summed E-state index contributed by atoms with van der Waals surface area (Å²) >= 11 is 0. The smallest absolute Gasteiger partial charge is 0.252 e. The Kier molecular flexibility index (Phi) is 3.35. The molecule has 2 heterocycles. The van der Waals surface area contributed by atoms with Crippen molar-refractivity contribution in [3.63, 3.8) is 0 Å². The summed E-state index contributed by atoms with van der Waals surface area (Å²) in [6.07, 6.45) is 0.0683. The molecule has 1 unspecified atom stereocenters. The van der Waals surface area contributed by atoms with Crippen molar-refractivity contribution in [3.05, 3.63) is 41.5 Å². The van der Waals surface area contributed by atoms with Crippen LogP contribution in [0.4, 0.5) is 0 Å². The molecule has 1 aromatic carbocycles. The summed E-state index contributed by atoms with van der Waals surface area (Å²) in [7, 11) is 1.52. The lowest BCUT2D eigenvalue weighted by atomic mass is 9.91. The minimum atomic E-state index is -1.51. The molecule has 0 bridgehead atoms. The Hall–Kier alpha value is -2.83. The van der Waals surface area contributed by atoms with Crippen LogP contribution in [0.1, 0.15) is 25.3 Å². The van der Waals surface area contributed by atoms with E-state index in [1.165, 1.54) is 14.0 Å². The molecule has 0 aromatic heterocycles. The number of benzene rings is 1. The van der Waals surface area contributed by atoms with E-state index in [0.717, 1.165) is 4.90 Å². The molecule has 1 aromatic rings. The number of hydrogen-bond acceptors (Lipinski definition) is 6. The van der Waals surface area contributed by atoms with Crippen LogP contribution in [-0.2, 0) is 24.7 Å². The Labute approximate surface area is 132 Å². The van der Waals surface area contributed by atoms with Gasteiger partial charge in [-0.15, -0.1) is 0 Å². The molecule has 2 aliphatic heterocycles. The van der Waals surface area contributed by atoms with Crippen molar-refractivity contribution < 1.29 is 29.0 Å². The zero-order valence-corrected chi connectivity index (χ0v) is 12.7. The van der Waals surface area contributed by atoms with E-state index in [0.29, 0.717) is 11.3 Å². The van der Waals surface area contributed by atoms with Crippen LogP contribution in [0.25, 0.3) is 0 Å². The quantitative estimate of drug-likeness (QED) is 0.847. The zero-order chi connectivity index (χ0) is 16.8. The molecular formula is C16H15NO6. The molecule has 0 spiro atoms. The highest BCUT2D eigenvalue weighted by atomic mass is 16.5. The van der Waals surface area contributed by atoms with Crippen LogP contribution in [0.2, 0.25) is 0 Å². The molecule has 2 amide bonds. The molecular weight excluding hydrogens is 302 g/mol. The van der Waals surface area contributed by atoms with Crippen molar-refractivity contribution >= 4 is 17.6 Å². The summed E-state index contributed by atoms with van der Waals surface area (Å²) in [6.45, 7) is 1.48. The van der Waals surface area contributed by atoms with Gasteiger partial charge in [-0.1, -0.05) is 12.1 Å². The summed E-state index contributed by atoms with van der Waals surface area (Å²) in [6, 6.07) is 6.55. The topological polar surface area (TPSA) is 93.1 Å². The molecule has 7 nitrogen and oxygen atoms in total. The Morgan fingerprint density at radius 1 is 1.13 bits per heavy atom. The molecule has 1 atom stereocenters. The first kappa shape index (κ1) is 15.1. The van der Waals surface area contributed by atoms with E-state index < -0.39 is 29.0 Å². The minimum Gasteiger partial charge on any atom is -0.501 e. The van der Waals surface area contributed by atoms with Crippen LogP contribution < -0.4 is 4.74 Å². The van der Waals surface area contributed by atoms with Gasteiger partial charge in [0.05, 0.1) is 7.11 Å². The van der Waals surface area contributed by atoms with Crippen LogP contribution in [-0.4, -0.2) is 34.7 Å². The van der Waals surface area contributed by atoms with E-state index in [-0.39, 0.29) is 18.7 Å². The highest BCUT2D eigenvalue weighted by Gasteiger charge is 2.52. The largest absolute Gasteiger partial charge is 0.501 e. The van der Waals surface area contributed by atoms with Crippen molar-refractivity contribution in [1.82, 2.24) is 4.90 Å². The number of aliphatic hydroxyl groups excluding tert-OH is 1. The number of Topliss-reactive ketones (excluding diaryl/α,β-unsaturated/α-hetero) is 1. The molecule has 23 heavy (non-hydrogen) atoms. The number of rotatable bonds is 3. The number of likely N-dealkylation sites (tertiary alicyclic amines) is 1. The van der Waals surface area contributed by atoms with E-state index >= 15 is 0 Å². The first-order valence-corrected chi connectivity index (χ1v) is 7.06. The molecule has 7 heteroatoms. The van der Waals surface area contributed by atoms with E-state index in [2.05, 4.69) is 0 Å². The number of hydrogen-bond donors (Lipinski definition) is 1. The second-order valence-electron chi connectivity index (χ2n) is 5.47. The Morgan fingerprint density at radius 2 is 1.70 bits per heavy atom. The molecule has 1 saturated heterocycles. The number of ketones is 1. The summed E-state index contributed by atoms with van der Waals surface area (Å²) < 4.78 is 10.6. The second kappa shape index (κ2) is 5.12. The lowest BCUT2D eigenvalue weighted by Gasteiger charge is -2.25. The molecule has 2 aliphatic rings. The Balaban J connectivity index is 1.97. The average Bonchev–Trinajstić information content (AvgIpc) is 3.00. The summed E-state index contributed by atoms with van der Waals surface area (Å²) in [5.74, 6) is -2.20. The normalized spacial score (nSPS) is 24.4. The number of amides is 2. The van der Waals surface area contributed by atoms with Gasteiger partial charge in [0, 0.05) is 18.4 Å². The van der Waals surface area contributed by atoms with Crippen LogP contribution in [0.3, 0.4) is 0 Å². The van der Waals surface area contributed by atoms with E-state index in [9.17, 15) is 19.5 Å². The van der Waals surface area contributed by atoms with Gasteiger partial charge in [0.15, 0.2) is 5.60 Å². The van der Waals surface area contributed by atoms with Crippen molar-refractivity contribution in [2.75, 3.05) is 7.11 Å². The summed E-state index contributed by atoms with van der Waals surface area (Å²) in [5.41, 5.74) is -1.03. The molecule has 3 rings (SSSR count). The SMILES string of the molecule is COc1ccc(C2(C)OC(N3C(=O)CCC3=O)=C(O)C2=O)cc1. The summed E-state index contributed by atoms with van der Waals surface area (Å²) in [5, 5.41) is 10.1. The lowest BCUT2D eigenvalue weighted by Crippen LogP contribution is -2.33. The number of carbonyl (C=O) groups excluding carboxylic acids is 3. The maximum atomic E-state index is 12.4. The number of carbonyl (C=O) groups is 3.